The van der Waals surface area contributed by atoms with Crippen molar-refractivity contribution in [2.75, 3.05) is 28.4 Å². The molecule has 0 spiro atoms. The molecule has 0 atom stereocenters. The van der Waals surface area contributed by atoms with E-state index in [0.29, 0.717) is 34.1 Å². The molecule has 0 heterocycles. The SMILES string of the molecule is COc1ccc(C(=[OH+])/C=C(/C)O)cc1OC.COc1ccc(C(=[OH+])/C=C(/C)O)cc1OC.[Ti]. The summed E-state index contributed by atoms with van der Waals surface area (Å²) in [5.74, 6) is 2.24. The molecule has 2 rings (SSSR count). The van der Waals surface area contributed by atoms with Gasteiger partial charge in [0, 0.05) is 33.9 Å². The molecule has 0 saturated heterocycles. The van der Waals surface area contributed by atoms with E-state index in [-0.39, 0.29) is 44.8 Å². The molecular weight excluding hydrogens is 464 g/mol. The molecule has 4 N–H and O–H groups in total. The van der Waals surface area contributed by atoms with E-state index in [2.05, 4.69) is 0 Å². The summed E-state index contributed by atoms with van der Waals surface area (Å²) < 4.78 is 20.3. The Hall–Kier alpha value is -3.23. The first kappa shape index (κ1) is 29.8. The van der Waals surface area contributed by atoms with Crippen molar-refractivity contribution in [3.05, 3.63) is 71.2 Å². The molecule has 0 aliphatic heterocycles. The monoisotopic (exact) mass is 494 g/mol. The Bertz CT molecular complexity index is 922. The van der Waals surface area contributed by atoms with E-state index >= 15 is 0 Å². The van der Waals surface area contributed by atoms with Crippen molar-refractivity contribution < 1.29 is 60.5 Å². The van der Waals surface area contributed by atoms with E-state index in [1.54, 1.807) is 50.6 Å². The molecule has 0 aliphatic rings. The van der Waals surface area contributed by atoms with Crippen LogP contribution in [0.5, 0.6) is 23.0 Å². The Balaban J connectivity index is 0.000000602. The van der Waals surface area contributed by atoms with Gasteiger partial charge in [-0.2, -0.15) is 0 Å². The average Bonchev–Trinajstić information content (AvgIpc) is 2.77. The fraction of sp³-hybridized carbons (Fsp3) is 0.250. The van der Waals surface area contributed by atoms with E-state index in [0.717, 1.165) is 0 Å². The molecular formula is C24H30O8Ti+2. The van der Waals surface area contributed by atoms with Gasteiger partial charge in [-0.05, 0) is 38.1 Å². The van der Waals surface area contributed by atoms with Gasteiger partial charge >= 0.3 is 11.6 Å². The number of hydrogen-bond donors (Lipinski definition) is 2. The van der Waals surface area contributed by atoms with Gasteiger partial charge in [0.15, 0.2) is 23.0 Å². The van der Waals surface area contributed by atoms with Crippen LogP contribution < -0.4 is 18.9 Å². The van der Waals surface area contributed by atoms with Crippen LogP contribution in [0, 0.1) is 0 Å². The summed E-state index contributed by atoms with van der Waals surface area (Å²) in [4.78, 5) is 19.3. The number of allylic oxidation sites excluding steroid dienone is 4. The molecule has 0 aromatic heterocycles. The Morgan fingerprint density at radius 2 is 0.939 bits per heavy atom. The number of aliphatic hydroxyl groups excluding tert-OH is 2. The molecule has 8 nitrogen and oxygen atoms in total. The summed E-state index contributed by atoms with van der Waals surface area (Å²) in [6, 6.07) is 9.99. The van der Waals surface area contributed by atoms with Gasteiger partial charge in [0.05, 0.1) is 63.2 Å². The Kier molecular flexibility index (Phi) is 13.3. The number of carbonyl (C=O) groups excluding carboxylic acids is 2. The van der Waals surface area contributed by atoms with Crippen LogP contribution in [-0.2, 0) is 21.7 Å². The summed E-state index contributed by atoms with van der Waals surface area (Å²) in [6.45, 7) is 2.97. The van der Waals surface area contributed by atoms with Crippen molar-refractivity contribution in [1.82, 2.24) is 0 Å². The molecule has 2 aromatic carbocycles. The van der Waals surface area contributed by atoms with E-state index in [1.807, 2.05) is 0 Å². The minimum Gasteiger partial charge on any atom is -0.512 e. The molecule has 0 aliphatic carbocycles. The number of rotatable bonds is 8. The van der Waals surface area contributed by atoms with Crippen molar-refractivity contribution in [1.29, 1.82) is 0 Å². The summed E-state index contributed by atoms with van der Waals surface area (Å²) >= 11 is 0. The first-order valence-corrected chi connectivity index (χ1v) is 9.47. The number of ketones is 2. The molecule has 0 unspecified atom stereocenters. The minimum absolute atomic E-state index is 0. The van der Waals surface area contributed by atoms with Crippen molar-refractivity contribution in [3.63, 3.8) is 0 Å². The van der Waals surface area contributed by atoms with Crippen molar-refractivity contribution >= 4 is 11.6 Å². The zero-order valence-electron chi connectivity index (χ0n) is 19.5. The van der Waals surface area contributed by atoms with Gasteiger partial charge in [-0.1, -0.05) is 0 Å². The van der Waals surface area contributed by atoms with Gasteiger partial charge in [0.2, 0.25) is 0 Å². The van der Waals surface area contributed by atoms with Crippen molar-refractivity contribution in [3.8, 4) is 23.0 Å². The normalized spacial score (nSPS) is 10.7. The summed E-state index contributed by atoms with van der Waals surface area (Å²) in [6.07, 6.45) is 2.53. The Morgan fingerprint density at radius 1 is 0.636 bits per heavy atom. The van der Waals surface area contributed by atoms with Gasteiger partial charge in [-0.15, -0.1) is 0 Å². The second-order valence-corrected chi connectivity index (χ2v) is 6.48. The molecule has 0 amide bonds. The van der Waals surface area contributed by atoms with Crippen molar-refractivity contribution in [2.45, 2.75) is 13.8 Å². The summed E-state index contributed by atoms with van der Waals surface area (Å²) in [7, 11) is 6.12. The Labute approximate surface area is 208 Å². The standard InChI is InChI=1S/2C12H14O4.Ti/c2*1-8(13)6-10(14)9-4-5-11(15-2)12(7-9)16-3;/h2*4-7,13H,1-3H3;/p+2/b2*8-6-;. The first-order valence-electron chi connectivity index (χ1n) is 9.47. The topological polar surface area (TPSA) is 120 Å². The molecule has 0 saturated carbocycles. The maximum atomic E-state index is 9.66. The predicted molar refractivity (Wildman–Crippen MR) is 124 cm³/mol. The van der Waals surface area contributed by atoms with Crippen LogP contribution in [0.25, 0.3) is 0 Å². The summed E-state index contributed by atoms with van der Waals surface area (Å²) in [5.41, 5.74) is 1.09. The second kappa shape index (κ2) is 14.8. The van der Waals surface area contributed by atoms with Crippen molar-refractivity contribution in [2.24, 2.45) is 0 Å². The van der Waals surface area contributed by atoms with E-state index in [9.17, 15) is 9.59 Å². The van der Waals surface area contributed by atoms with Crippen LogP contribution >= 0.6 is 0 Å². The van der Waals surface area contributed by atoms with Gasteiger partial charge in [-0.25, -0.2) is 0 Å². The molecule has 33 heavy (non-hydrogen) atoms. The zero-order chi connectivity index (χ0) is 24.3. The third kappa shape index (κ3) is 9.43. The number of benzene rings is 2. The number of ether oxygens (including phenoxy) is 4. The molecule has 0 fully saturated rings. The molecule has 2 aromatic rings. The van der Waals surface area contributed by atoms with E-state index in [4.69, 9.17) is 29.2 Å². The Morgan fingerprint density at radius 3 is 1.18 bits per heavy atom. The van der Waals surface area contributed by atoms with Crippen LogP contribution in [-0.4, -0.2) is 59.8 Å². The number of hydrogen-bond acceptors (Lipinski definition) is 6. The van der Waals surface area contributed by atoms with Gasteiger partial charge in [0.1, 0.15) is 0 Å². The van der Waals surface area contributed by atoms with Crippen LogP contribution in [0.1, 0.15) is 25.0 Å². The minimum atomic E-state index is -0.0269. The van der Waals surface area contributed by atoms with Crippen LogP contribution in [0.2, 0.25) is 0 Å². The van der Waals surface area contributed by atoms with Crippen LogP contribution in [0.3, 0.4) is 0 Å². The fourth-order valence-electron chi connectivity index (χ4n) is 2.55. The number of methoxy groups -OCH3 is 4. The van der Waals surface area contributed by atoms with Gasteiger partial charge < -0.3 is 29.2 Å². The quantitative estimate of drug-likeness (QED) is 0.187. The van der Waals surface area contributed by atoms with Crippen LogP contribution in [0.4, 0.5) is 0 Å². The average molecular weight is 494 g/mol. The molecule has 9 heteroatoms. The number of aliphatic hydroxyl groups is 2. The third-order valence-electron chi connectivity index (χ3n) is 4.05. The van der Waals surface area contributed by atoms with Crippen LogP contribution in [0.15, 0.2) is 60.1 Å². The van der Waals surface area contributed by atoms with Gasteiger partial charge in [0.25, 0.3) is 0 Å². The third-order valence-corrected chi connectivity index (χ3v) is 4.05. The smallest absolute Gasteiger partial charge is 0.350 e. The molecule has 176 valence electrons. The van der Waals surface area contributed by atoms with E-state index < -0.39 is 0 Å². The second-order valence-electron chi connectivity index (χ2n) is 6.48. The largest absolute Gasteiger partial charge is 0.512 e. The van der Waals surface area contributed by atoms with E-state index in [1.165, 1.54) is 40.2 Å². The molecule has 0 radical (unpaired) electrons. The maximum absolute atomic E-state index is 9.66. The fourth-order valence-corrected chi connectivity index (χ4v) is 2.55. The molecule has 0 bridgehead atoms. The maximum Gasteiger partial charge on any atom is 0.350 e. The summed E-state index contributed by atoms with van der Waals surface area (Å²) in [5, 5.41) is 18.1. The van der Waals surface area contributed by atoms with Gasteiger partial charge in [-0.3, -0.25) is 9.59 Å². The zero-order valence-corrected chi connectivity index (χ0v) is 21.1. The first-order chi connectivity index (χ1) is 15.2. The predicted octanol–water partition coefficient (Wildman–Crippen LogP) is 4.11.